The van der Waals surface area contributed by atoms with Crippen LogP contribution in [-0.2, 0) is 0 Å². The minimum absolute atomic E-state index is 0.125. The maximum atomic E-state index is 12.3. The Labute approximate surface area is 114 Å². The maximum absolute atomic E-state index is 12.3. The zero-order chi connectivity index (χ0) is 13.8. The lowest BCUT2D eigenvalue weighted by Crippen LogP contribution is -2.31. The molecule has 19 heavy (non-hydrogen) atoms. The molecule has 0 aliphatic heterocycles. The molecule has 0 spiro atoms. The van der Waals surface area contributed by atoms with Gasteiger partial charge < -0.3 is 10.6 Å². The highest BCUT2D eigenvalue weighted by molar-refractivity contribution is 7.21. The van der Waals surface area contributed by atoms with Gasteiger partial charge in [-0.25, -0.2) is 0 Å². The van der Waals surface area contributed by atoms with Crippen LogP contribution in [0.3, 0.4) is 0 Å². The molecule has 0 radical (unpaired) electrons. The van der Waals surface area contributed by atoms with Crippen LogP contribution in [0.5, 0.6) is 0 Å². The number of nitrogen functional groups attached to an aromatic ring is 1. The minimum atomic E-state index is -0.373. The second-order valence-electron chi connectivity index (χ2n) is 3.82. The lowest BCUT2D eigenvalue weighted by Gasteiger charge is -2.14. The Morgan fingerprint density at radius 1 is 1.26 bits per heavy atom. The molecule has 1 heterocycles. The van der Waals surface area contributed by atoms with Gasteiger partial charge in [0.05, 0.1) is 17.8 Å². The molecule has 0 saturated carbocycles. The summed E-state index contributed by atoms with van der Waals surface area (Å²) in [4.78, 5) is 13.8. The molecule has 6 heteroatoms. The van der Waals surface area contributed by atoms with Crippen molar-refractivity contribution >= 4 is 33.0 Å². The van der Waals surface area contributed by atoms with Crippen LogP contribution in [0, 0.1) is 22.7 Å². The van der Waals surface area contributed by atoms with Crippen molar-refractivity contribution < 1.29 is 4.79 Å². The number of carbonyl (C=O) groups excluding carboxylic acids is 1. The Bertz CT molecular complexity index is 691. The van der Waals surface area contributed by atoms with E-state index < -0.39 is 0 Å². The molecular formula is C13H10N4OS. The number of anilines is 1. The first-order valence-corrected chi connectivity index (χ1v) is 6.31. The van der Waals surface area contributed by atoms with Gasteiger partial charge in [0.2, 0.25) is 0 Å². The van der Waals surface area contributed by atoms with E-state index in [-0.39, 0.29) is 19.0 Å². The number of hydrogen-bond acceptors (Lipinski definition) is 5. The van der Waals surface area contributed by atoms with Crippen LogP contribution in [0.1, 0.15) is 9.67 Å². The Morgan fingerprint density at radius 2 is 1.89 bits per heavy atom. The quantitative estimate of drug-likeness (QED) is 0.863. The summed E-state index contributed by atoms with van der Waals surface area (Å²) in [6.07, 6.45) is 0. The largest absolute Gasteiger partial charge is 0.397 e. The van der Waals surface area contributed by atoms with Gasteiger partial charge in [-0.05, 0) is 6.07 Å². The topological polar surface area (TPSA) is 93.9 Å². The Morgan fingerprint density at radius 3 is 2.47 bits per heavy atom. The number of nitrogens with two attached hydrogens (primary N) is 1. The second kappa shape index (κ2) is 5.38. The van der Waals surface area contributed by atoms with Gasteiger partial charge in [-0.15, -0.1) is 11.3 Å². The molecule has 2 rings (SSSR count). The van der Waals surface area contributed by atoms with Crippen molar-refractivity contribution in [1.29, 1.82) is 10.5 Å². The zero-order valence-corrected chi connectivity index (χ0v) is 10.8. The minimum Gasteiger partial charge on any atom is -0.397 e. The highest BCUT2D eigenvalue weighted by atomic mass is 32.1. The molecule has 0 fully saturated rings. The van der Waals surface area contributed by atoms with Gasteiger partial charge >= 0.3 is 0 Å². The van der Waals surface area contributed by atoms with Crippen LogP contribution in [0.4, 0.5) is 5.69 Å². The Balaban J connectivity index is 2.44. The molecule has 1 amide bonds. The Hall–Kier alpha value is -2.57. The number of benzene rings is 1. The van der Waals surface area contributed by atoms with Gasteiger partial charge in [0.25, 0.3) is 5.91 Å². The van der Waals surface area contributed by atoms with Crippen LogP contribution in [0.25, 0.3) is 10.1 Å². The van der Waals surface area contributed by atoms with E-state index >= 15 is 0 Å². The highest BCUT2D eigenvalue weighted by Crippen LogP contribution is 2.34. The van der Waals surface area contributed by atoms with Crippen LogP contribution in [-0.4, -0.2) is 23.9 Å². The standard InChI is InChI=1S/C13H10N4OS/c14-5-7-17(8-6-15)13(18)12-11(16)9-3-1-2-4-10(9)19-12/h1-4H,7-8,16H2. The van der Waals surface area contributed by atoms with Crippen LogP contribution < -0.4 is 5.73 Å². The third-order valence-electron chi connectivity index (χ3n) is 2.64. The molecule has 0 saturated heterocycles. The molecule has 1 aromatic heterocycles. The van der Waals surface area contributed by atoms with Crippen molar-refractivity contribution in [2.45, 2.75) is 0 Å². The molecule has 2 N–H and O–H groups in total. The third-order valence-corrected chi connectivity index (χ3v) is 3.81. The van der Waals surface area contributed by atoms with E-state index in [2.05, 4.69) is 0 Å². The van der Waals surface area contributed by atoms with E-state index in [9.17, 15) is 4.79 Å². The van der Waals surface area contributed by atoms with E-state index in [4.69, 9.17) is 16.3 Å². The summed E-state index contributed by atoms with van der Waals surface area (Å²) in [6, 6.07) is 11.2. The lowest BCUT2D eigenvalue weighted by atomic mass is 10.2. The molecule has 0 aliphatic carbocycles. The van der Waals surface area contributed by atoms with Crippen LogP contribution in [0.2, 0.25) is 0 Å². The molecule has 1 aromatic carbocycles. The van der Waals surface area contributed by atoms with E-state index in [1.807, 2.05) is 36.4 Å². The summed E-state index contributed by atoms with van der Waals surface area (Å²) < 4.78 is 0.914. The normalized spacial score (nSPS) is 9.79. The molecule has 2 aromatic rings. The van der Waals surface area contributed by atoms with Crippen molar-refractivity contribution in [2.24, 2.45) is 0 Å². The number of amides is 1. The predicted molar refractivity (Wildman–Crippen MR) is 73.4 cm³/mol. The average Bonchev–Trinajstić information content (AvgIpc) is 2.76. The van der Waals surface area contributed by atoms with E-state index in [1.54, 1.807) is 0 Å². The van der Waals surface area contributed by atoms with Crippen molar-refractivity contribution in [2.75, 3.05) is 18.8 Å². The second-order valence-corrected chi connectivity index (χ2v) is 4.87. The SMILES string of the molecule is N#CCN(CC#N)C(=O)c1sc2ccccc2c1N. The Kier molecular flexibility index (Phi) is 3.65. The summed E-state index contributed by atoms with van der Waals surface area (Å²) in [5.41, 5.74) is 6.38. The first-order valence-electron chi connectivity index (χ1n) is 5.49. The first kappa shape index (κ1) is 12.9. The highest BCUT2D eigenvalue weighted by Gasteiger charge is 2.21. The first-order chi connectivity index (χ1) is 9.19. The summed E-state index contributed by atoms with van der Waals surface area (Å²) >= 11 is 1.28. The third kappa shape index (κ3) is 2.35. The molecular weight excluding hydrogens is 260 g/mol. The van der Waals surface area contributed by atoms with Gasteiger partial charge in [0.1, 0.15) is 18.0 Å². The number of fused-ring (bicyclic) bond motifs is 1. The fraction of sp³-hybridized carbons (Fsp3) is 0.154. The molecule has 0 aliphatic rings. The van der Waals surface area contributed by atoms with Crippen molar-refractivity contribution in [3.05, 3.63) is 29.1 Å². The number of hydrogen-bond donors (Lipinski definition) is 1. The summed E-state index contributed by atoms with van der Waals surface area (Å²) in [7, 11) is 0. The zero-order valence-electron chi connectivity index (χ0n) is 9.96. The molecule has 0 atom stereocenters. The number of nitrogens with zero attached hydrogens (tertiary/aromatic N) is 3. The number of carbonyl (C=O) groups is 1. The smallest absolute Gasteiger partial charge is 0.267 e. The fourth-order valence-corrected chi connectivity index (χ4v) is 2.83. The molecule has 94 valence electrons. The van der Waals surface area contributed by atoms with Crippen LogP contribution in [0.15, 0.2) is 24.3 Å². The number of nitriles is 2. The van der Waals surface area contributed by atoms with Crippen molar-refractivity contribution in [3.8, 4) is 12.1 Å². The van der Waals surface area contributed by atoms with Gasteiger partial charge in [-0.3, -0.25) is 4.79 Å². The van der Waals surface area contributed by atoms with Gasteiger partial charge in [0.15, 0.2) is 0 Å². The van der Waals surface area contributed by atoms with Gasteiger partial charge in [0, 0.05) is 10.1 Å². The molecule has 0 unspecified atom stereocenters. The lowest BCUT2D eigenvalue weighted by molar-refractivity contribution is 0.0800. The van der Waals surface area contributed by atoms with Crippen molar-refractivity contribution in [3.63, 3.8) is 0 Å². The van der Waals surface area contributed by atoms with E-state index in [0.29, 0.717) is 10.6 Å². The van der Waals surface area contributed by atoms with E-state index in [1.165, 1.54) is 16.2 Å². The molecule has 5 nitrogen and oxygen atoms in total. The maximum Gasteiger partial charge on any atom is 0.267 e. The summed E-state index contributed by atoms with van der Waals surface area (Å²) in [6.45, 7) is -0.250. The summed E-state index contributed by atoms with van der Waals surface area (Å²) in [5, 5.41) is 18.2. The monoisotopic (exact) mass is 270 g/mol. The van der Waals surface area contributed by atoms with Gasteiger partial charge in [-0.2, -0.15) is 10.5 Å². The predicted octanol–water partition coefficient (Wildman–Crippen LogP) is 1.97. The van der Waals surface area contributed by atoms with Gasteiger partial charge in [-0.1, -0.05) is 18.2 Å². The molecule has 0 bridgehead atoms. The average molecular weight is 270 g/mol. The van der Waals surface area contributed by atoms with Crippen LogP contribution >= 0.6 is 11.3 Å². The fourth-order valence-electron chi connectivity index (χ4n) is 1.74. The number of thiophene rings is 1. The summed E-state index contributed by atoms with van der Waals surface area (Å²) in [5.74, 6) is -0.373. The van der Waals surface area contributed by atoms with E-state index in [0.717, 1.165) is 10.1 Å². The number of rotatable bonds is 3. The van der Waals surface area contributed by atoms with Crippen molar-refractivity contribution in [1.82, 2.24) is 4.90 Å².